The second-order valence-corrected chi connectivity index (χ2v) is 3.17. The lowest BCUT2D eigenvalue weighted by Gasteiger charge is -2.29. The molecule has 1 aliphatic rings. The summed E-state index contributed by atoms with van der Waals surface area (Å²) in [7, 11) is 3.11. The number of carboxylic acid groups (broad SMARTS) is 1. The molecule has 0 spiro atoms. The van der Waals surface area contributed by atoms with Crippen LogP contribution in [0.2, 0.25) is 0 Å². The molecule has 0 aromatic rings. The molecule has 0 unspecified atom stereocenters. The van der Waals surface area contributed by atoms with Crippen LogP contribution >= 0.6 is 0 Å². The van der Waals surface area contributed by atoms with Gasteiger partial charge >= 0.3 is 5.97 Å². The van der Waals surface area contributed by atoms with Crippen molar-refractivity contribution in [1.29, 1.82) is 0 Å². The first kappa shape index (κ1) is 11.7. The maximum absolute atomic E-state index is 10.3. The Balaban J connectivity index is 2.75. The number of hydrogen-bond donors (Lipinski definition) is 1. The van der Waals surface area contributed by atoms with Gasteiger partial charge in [0.1, 0.15) is 0 Å². The van der Waals surface area contributed by atoms with Gasteiger partial charge in [-0.3, -0.25) is 0 Å². The van der Waals surface area contributed by atoms with Crippen molar-refractivity contribution >= 4 is 5.97 Å². The molecule has 0 atom stereocenters. The van der Waals surface area contributed by atoms with Gasteiger partial charge in [-0.05, 0) is 11.6 Å². The van der Waals surface area contributed by atoms with Crippen LogP contribution in [0, 0.1) is 0 Å². The minimum absolute atomic E-state index is 0.500. The van der Waals surface area contributed by atoms with Gasteiger partial charge < -0.3 is 14.6 Å². The van der Waals surface area contributed by atoms with E-state index in [-0.39, 0.29) is 0 Å². The van der Waals surface area contributed by atoms with Crippen molar-refractivity contribution in [3.63, 3.8) is 0 Å². The zero-order valence-corrected chi connectivity index (χ0v) is 8.77. The van der Waals surface area contributed by atoms with Crippen molar-refractivity contribution in [1.82, 2.24) is 0 Å². The number of rotatable bonds is 4. The molecule has 1 rings (SSSR count). The number of hydrogen-bond acceptors (Lipinski definition) is 3. The summed E-state index contributed by atoms with van der Waals surface area (Å²) >= 11 is 0. The third-order valence-electron chi connectivity index (χ3n) is 2.24. The SMILES string of the molecule is COC1(OC)C=CC=C(C=CC(=O)O)C1. The summed E-state index contributed by atoms with van der Waals surface area (Å²) in [6, 6.07) is 0. The molecule has 0 bridgehead atoms. The third kappa shape index (κ3) is 3.04. The molecule has 82 valence electrons. The molecule has 15 heavy (non-hydrogen) atoms. The monoisotopic (exact) mass is 210 g/mol. The van der Waals surface area contributed by atoms with Crippen LogP contribution < -0.4 is 0 Å². The van der Waals surface area contributed by atoms with Crippen LogP contribution in [0.4, 0.5) is 0 Å². The average molecular weight is 210 g/mol. The lowest BCUT2D eigenvalue weighted by Crippen LogP contribution is -2.32. The smallest absolute Gasteiger partial charge is 0.328 e. The zero-order valence-electron chi connectivity index (χ0n) is 8.77. The second-order valence-electron chi connectivity index (χ2n) is 3.17. The fraction of sp³-hybridized carbons (Fsp3) is 0.364. The van der Waals surface area contributed by atoms with E-state index in [0.29, 0.717) is 6.42 Å². The van der Waals surface area contributed by atoms with E-state index < -0.39 is 11.8 Å². The fourth-order valence-electron chi connectivity index (χ4n) is 1.38. The first-order valence-corrected chi connectivity index (χ1v) is 4.51. The molecule has 0 amide bonds. The maximum Gasteiger partial charge on any atom is 0.328 e. The highest BCUT2D eigenvalue weighted by molar-refractivity contribution is 5.80. The van der Waals surface area contributed by atoms with Crippen LogP contribution in [0.3, 0.4) is 0 Å². The minimum Gasteiger partial charge on any atom is -0.478 e. The van der Waals surface area contributed by atoms with E-state index >= 15 is 0 Å². The Morgan fingerprint density at radius 1 is 1.53 bits per heavy atom. The van der Waals surface area contributed by atoms with Gasteiger partial charge in [-0.1, -0.05) is 18.2 Å². The molecule has 0 saturated carbocycles. The highest BCUT2D eigenvalue weighted by Crippen LogP contribution is 2.27. The van der Waals surface area contributed by atoms with Crippen LogP contribution in [-0.2, 0) is 14.3 Å². The summed E-state index contributed by atoms with van der Waals surface area (Å²) in [6.07, 6.45) is 8.55. The summed E-state index contributed by atoms with van der Waals surface area (Å²) in [5, 5.41) is 8.49. The van der Waals surface area contributed by atoms with Gasteiger partial charge in [-0.15, -0.1) is 0 Å². The molecule has 0 aromatic heterocycles. The predicted molar refractivity (Wildman–Crippen MR) is 55.4 cm³/mol. The highest BCUT2D eigenvalue weighted by Gasteiger charge is 2.28. The van der Waals surface area contributed by atoms with Crippen molar-refractivity contribution in [3.8, 4) is 0 Å². The second kappa shape index (κ2) is 4.91. The molecule has 0 fully saturated rings. The summed E-state index contributed by atoms with van der Waals surface area (Å²) in [4.78, 5) is 10.3. The van der Waals surface area contributed by atoms with Crippen molar-refractivity contribution in [2.24, 2.45) is 0 Å². The highest BCUT2D eigenvalue weighted by atomic mass is 16.7. The molecule has 0 aromatic carbocycles. The summed E-state index contributed by atoms with van der Waals surface area (Å²) in [5.74, 6) is -1.74. The van der Waals surface area contributed by atoms with E-state index in [0.717, 1.165) is 11.6 Å². The van der Waals surface area contributed by atoms with Crippen molar-refractivity contribution in [2.45, 2.75) is 12.2 Å². The van der Waals surface area contributed by atoms with Gasteiger partial charge in [0.25, 0.3) is 0 Å². The van der Waals surface area contributed by atoms with E-state index in [1.54, 1.807) is 32.4 Å². The van der Waals surface area contributed by atoms with E-state index in [1.807, 2.05) is 6.08 Å². The van der Waals surface area contributed by atoms with Gasteiger partial charge in [-0.25, -0.2) is 4.79 Å². The Morgan fingerprint density at radius 3 is 2.73 bits per heavy atom. The zero-order chi connectivity index (χ0) is 11.3. The molecule has 1 aliphatic carbocycles. The van der Waals surface area contributed by atoms with Gasteiger partial charge in [0, 0.05) is 26.7 Å². The lowest BCUT2D eigenvalue weighted by atomic mass is 9.99. The van der Waals surface area contributed by atoms with Gasteiger partial charge in [-0.2, -0.15) is 0 Å². The van der Waals surface area contributed by atoms with Crippen LogP contribution in [0.15, 0.2) is 36.0 Å². The summed E-state index contributed by atoms with van der Waals surface area (Å²) in [5.41, 5.74) is 0.851. The summed E-state index contributed by atoms with van der Waals surface area (Å²) in [6.45, 7) is 0. The number of allylic oxidation sites excluding steroid dienone is 3. The topological polar surface area (TPSA) is 55.8 Å². The number of carboxylic acids is 1. The first-order chi connectivity index (χ1) is 7.12. The molecule has 1 N–H and O–H groups in total. The summed E-state index contributed by atoms with van der Waals surface area (Å²) < 4.78 is 10.5. The normalized spacial score (nSPS) is 19.2. The number of aliphatic carboxylic acids is 1. The Kier molecular flexibility index (Phi) is 3.82. The van der Waals surface area contributed by atoms with Crippen molar-refractivity contribution in [2.75, 3.05) is 14.2 Å². The quantitative estimate of drug-likeness (QED) is 0.564. The third-order valence-corrected chi connectivity index (χ3v) is 2.24. The van der Waals surface area contributed by atoms with Gasteiger partial charge in [0.05, 0.1) is 0 Å². The Morgan fingerprint density at radius 2 is 2.20 bits per heavy atom. The van der Waals surface area contributed by atoms with Gasteiger partial charge in [0.15, 0.2) is 5.79 Å². The minimum atomic E-state index is -0.967. The maximum atomic E-state index is 10.3. The lowest BCUT2D eigenvalue weighted by molar-refractivity contribution is -0.168. The Bertz CT molecular complexity index is 321. The van der Waals surface area contributed by atoms with Gasteiger partial charge in [0.2, 0.25) is 0 Å². The van der Waals surface area contributed by atoms with Crippen molar-refractivity contribution < 1.29 is 19.4 Å². The molecule has 0 aliphatic heterocycles. The largest absolute Gasteiger partial charge is 0.478 e. The van der Waals surface area contributed by atoms with E-state index in [4.69, 9.17) is 14.6 Å². The molecule has 0 saturated heterocycles. The van der Waals surface area contributed by atoms with Crippen LogP contribution in [-0.4, -0.2) is 31.1 Å². The Labute approximate surface area is 88.5 Å². The number of carbonyl (C=O) groups is 1. The van der Waals surface area contributed by atoms with E-state index in [2.05, 4.69) is 0 Å². The average Bonchev–Trinajstić information content (AvgIpc) is 2.26. The Hall–Kier alpha value is -1.39. The fourth-order valence-corrected chi connectivity index (χ4v) is 1.38. The van der Waals surface area contributed by atoms with E-state index in [9.17, 15) is 4.79 Å². The molecule has 0 heterocycles. The molecule has 4 nitrogen and oxygen atoms in total. The molecule has 0 radical (unpaired) electrons. The molecular formula is C11H14O4. The van der Waals surface area contributed by atoms with E-state index in [1.165, 1.54) is 0 Å². The van der Waals surface area contributed by atoms with Crippen LogP contribution in [0.25, 0.3) is 0 Å². The first-order valence-electron chi connectivity index (χ1n) is 4.51. The molecule has 4 heteroatoms. The number of methoxy groups -OCH3 is 2. The molecular weight excluding hydrogens is 196 g/mol. The predicted octanol–water partition coefficient (Wildman–Crippen LogP) is 1.50. The standard InChI is InChI=1S/C11H14O4/c1-14-11(15-2)7-3-4-9(8-11)5-6-10(12)13/h3-7H,8H2,1-2H3,(H,12,13). The number of ether oxygens (including phenoxy) is 2. The van der Waals surface area contributed by atoms with Crippen molar-refractivity contribution in [3.05, 3.63) is 36.0 Å². The van der Waals surface area contributed by atoms with Crippen LogP contribution in [0.5, 0.6) is 0 Å². The van der Waals surface area contributed by atoms with Crippen LogP contribution in [0.1, 0.15) is 6.42 Å².